The average molecular weight is 316 g/mol. The quantitative estimate of drug-likeness (QED) is 0.936. The van der Waals surface area contributed by atoms with Crippen molar-refractivity contribution >= 4 is 15.9 Å². The summed E-state index contributed by atoms with van der Waals surface area (Å²) < 4.78 is 26.3. The third-order valence-electron chi connectivity index (χ3n) is 3.86. The van der Waals surface area contributed by atoms with Gasteiger partial charge in [0.1, 0.15) is 0 Å². The summed E-state index contributed by atoms with van der Waals surface area (Å²) in [4.78, 5) is 15.9. The summed E-state index contributed by atoms with van der Waals surface area (Å²) in [5.41, 5.74) is 2.23. The zero-order valence-corrected chi connectivity index (χ0v) is 12.9. The number of amides is 1. The molecule has 0 spiro atoms. The molecular formula is C16H16N2O3S. The number of hydrogen-bond acceptors (Lipinski definition) is 4. The van der Waals surface area contributed by atoms with Crippen molar-refractivity contribution in [3.05, 3.63) is 59.8 Å². The number of carbonyl (C=O) groups is 1. The molecule has 0 radical (unpaired) electrons. The SMILES string of the molecule is Cc1ccccc1[C@H]1C[C@H]1C(=O)NS(=O)(=O)c1ccccn1. The Balaban J connectivity index is 1.71. The first-order valence-electron chi connectivity index (χ1n) is 7.02. The van der Waals surface area contributed by atoms with Gasteiger partial charge in [-0.3, -0.25) is 4.79 Å². The molecule has 22 heavy (non-hydrogen) atoms. The maximum Gasteiger partial charge on any atom is 0.281 e. The standard InChI is InChI=1S/C16H16N2O3S/c1-11-6-2-3-7-12(11)13-10-14(13)16(19)18-22(20,21)15-8-4-5-9-17-15/h2-9,13-14H,10H2,1H3,(H,18,19)/t13-,14-/m1/s1. The van der Waals surface area contributed by atoms with Crippen molar-refractivity contribution in [1.82, 2.24) is 9.71 Å². The maximum absolute atomic E-state index is 12.2. The number of carbonyl (C=O) groups excluding carboxylic acids is 1. The summed E-state index contributed by atoms with van der Waals surface area (Å²) in [6.07, 6.45) is 2.06. The Bertz CT molecular complexity index is 803. The fourth-order valence-corrected chi connectivity index (χ4v) is 3.58. The molecule has 3 rings (SSSR count). The van der Waals surface area contributed by atoms with Crippen LogP contribution < -0.4 is 4.72 Å². The molecule has 1 aromatic heterocycles. The van der Waals surface area contributed by atoms with Crippen LogP contribution in [0.3, 0.4) is 0 Å². The van der Waals surface area contributed by atoms with E-state index in [-0.39, 0.29) is 16.9 Å². The van der Waals surface area contributed by atoms with Crippen molar-refractivity contribution in [2.45, 2.75) is 24.3 Å². The summed E-state index contributed by atoms with van der Waals surface area (Å²) in [7, 11) is -3.89. The highest BCUT2D eigenvalue weighted by Crippen LogP contribution is 2.48. The number of aromatic nitrogens is 1. The topological polar surface area (TPSA) is 76.1 Å². The minimum absolute atomic E-state index is 0.0973. The number of benzene rings is 1. The van der Waals surface area contributed by atoms with E-state index in [9.17, 15) is 13.2 Å². The van der Waals surface area contributed by atoms with Crippen molar-refractivity contribution in [2.24, 2.45) is 5.92 Å². The third-order valence-corrected chi connectivity index (χ3v) is 5.13. The molecule has 5 nitrogen and oxygen atoms in total. The number of pyridine rings is 1. The number of aryl methyl sites for hydroxylation is 1. The Morgan fingerprint density at radius 1 is 1.18 bits per heavy atom. The number of nitrogens with zero attached hydrogens (tertiary/aromatic N) is 1. The molecule has 6 heteroatoms. The number of hydrogen-bond donors (Lipinski definition) is 1. The van der Waals surface area contributed by atoms with Crippen molar-refractivity contribution in [3.63, 3.8) is 0 Å². The predicted molar refractivity (Wildman–Crippen MR) is 81.6 cm³/mol. The highest BCUT2D eigenvalue weighted by atomic mass is 32.2. The molecule has 0 aliphatic heterocycles. The van der Waals surface area contributed by atoms with Crippen LogP contribution in [0, 0.1) is 12.8 Å². The molecule has 1 amide bonds. The van der Waals surface area contributed by atoms with Gasteiger partial charge in [-0.05, 0) is 42.5 Å². The van der Waals surface area contributed by atoms with Gasteiger partial charge in [0.2, 0.25) is 5.91 Å². The molecule has 1 saturated carbocycles. The van der Waals surface area contributed by atoms with E-state index in [1.807, 2.05) is 31.2 Å². The molecule has 114 valence electrons. The Hall–Kier alpha value is -2.21. The third kappa shape index (κ3) is 2.87. The Kier molecular flexibility index (Phi) is 3.70. The molecule has 0 unspecified atom stereocenters. The summed E-state index contributed by atoms with van der Waals surface area (Å²) in [6.45, 7) is 1.99. The van der Waals surface area contributed by atoms with Crippen molar-refractivity contribution in [1.29, 1.82) is 0 Å². The van der Waals surface area contributed by atoms with Gasteiger partial charge in [-0.1, -0.05) is 30.3 Å². The molecular weight excluding hydrogens is 300 g/mol. The number of sulfonamides is 1. The lowest BCUT2D eigenvalue weighted by molar-refractivity contribution is -0.120. The van der Waals surface area contributed by atoms with Gasteiger partial charge in [-0.2, -0.15) is 8.42 Å². The van der Waals surface area contributed by atoms with Crippen molar-refractivity contribution < 1.29 is 13.2 Å². The molecule has 0 saturated heterocycles. The summed E-state index contributed by atoms with van der Waals surface area (Å²) in [6, 6.07) is 12.4. The fourth-order valence-electron chi connectivity index (χ4n) is 2.60. The molecule has 2 atom stereocenters. The zero-order chi connectivity index (χ0) is 15.7. The first-order chi connectivity index (χ1) is 10.5. The van der Waals surface area contributed by atoms with Gasteiger partial charge in [-0.15, -0.1) is 0 Å². The van der Waals surface area contributed by atoms with E-state index in [1.165, 1.54) is 12.3 Å². The minimum Gasteiger partial charge on any atom is -0.274 e. The molecule has 1 aromatic carbocycles. The van der Waals surface area contributed by atoms with E-state index in [2.05, 4.69) is 9.71 Å². The van der Waals surface area contributed by atoms with E-state index in [0.717, 1.165) is 11.1 Å². The zero-order valence-electron chi connectivity index (χ0n) is 12.1. The summed E-state index contributed by atoms with van der Waals surface area (Å²) >= 11 is 0. The van der Waals surface area contributed by atoms with E-state index in [1.54, 1.807) is 12.1 Å². The highest BCUT2D eigenvalue weighted by molar-refractivity contribution is 7.90. The van der Waals surface area contributed by atoms with Gasteiger partial charge in [0.25, 0.3) is 10.0 Å². The van der Waals surface area contributed by atoms with Gasteiger partial charge in [-0.25, -0.2) is 9.71 Å². The van der Waals surface area contributed by atoms with Gasteiger partial charge >= 0.3 is 0 Å². The van der Waals surface area contributed by atoms with Crippen LogP contribution in [0.25, 0.3) is 0 Å². The second-order valence-electron chi connectivity index (χ2n) is 5.44. The summed E-state index contributed by atoms with van der Waals surface area (Å²) in [5, 5.41) is -0.142. The Morgan fingerprint density at radius 2 is 1.91 bits per heavy atom. The molecule has 1 heterocycles. The second kappa shape index (κ2) is 5.53. The van der Waals surface area contributed by atoms with Crippen LogP contribution in [0.4, 0.5) is 0 Å². The molecule has 2 aromatic rings. The van der Waals surface area contributed by atoms with E-state index < -0.39 is 15.9 Å². The van der Waals surface area contributed by atoms with Crippen LogP contribution in [-0.2, 0) is 14.8 Å². The first-order valence-corrected chi connectivity index (χ1v) is 8.50. The normalized spacial score (nSPS) is 20.4. The largest absolute Gasteiger partial charge is 0.281 e. The summed E-state index contributed by atoms with van der Waals surface area (Å²) in [5.74, 6) is -0.654. The second-order valence-corrected chi connectivity index (χ2v) is 7.07. The predicted octanol–water partition coefficient (Wildman–Crippen LogP) is 2.00. The molecule has 1 N–H and O–H groups in total. The minimum atomic E-state index is -3.89. The molecule has 1 fully saturated rings. The molecule has 1 aliphatic rings. The van der Waals surface area contributed by atoms with Gasteiger partial charge in [0.05, 0.1) is 0 Å². The maximum atomic E-state index is 12.2. The lowest BCUT2D eigenvalue weighted by Gasteiger charge is -2.07. The number of rotatable bonds is 4. The average Bonchev–Trinajstić information content (AvgIpc) is 3.29. The van der Waals surface area contributed by atoms with Crippen molar-refractivity contribution in [2.75, 3.05) is 0 Å². The molecule has 0 bridgehead atoms. The van der Waals surface area contributed by atoms with Crippen LogP contribution in [-0.4, -0.2) is 19.3 Å². The lowest BCUT2D eigenvalue weighted by Crippen LogP contribution is -2.32. The lowest BCUT2D eigenvalue weighted by atomic mass is 10.0. The van der Waals surface area contributed by atoms with Crippen molar-refractivity contribution in [3.8, 4) is 0 Å². The molecule has 1 aliphatic carbocycles. The van der Waals surface area contributed by atoms with E-state index in [4.69, 9.17) is 0 Å². The van der Waals surface area contributed by atoms with E-state index >= 15 is 0 Å². The van der Waals surface area contributed by atoms with E-state index in [0.29, 0.717) is 6.42 Å². The smallest absolute Gasteiger partial charge is 0.274 e. The highest BCUT2D eigenvalue weighted by Gasteiger charge is 2.45. The fraction of sp³-hybridized carbons (Fsp3) is 0.250. The van der Waals surface area contributed by atoms with Crippen LogP contribution in [0.1, 0.15) is 23.5 Å². The van der Waals surface area contributed by atoms with Crippen LogP contribution in [0.2, 0.25) is 0 Å². The van der Waals surface area contributed by atoms with Gasteiger partial charge in [0.15, 0.2) is 5.03 Å². The number of nitrogens with one attached hydrogen (secondary N) is 1. The first kappa shape index (κ1) is 14.7. The Morgan fingerprint density at radius 3 is 2.59 bits per heavy atom. The van der Waals surface area contributed by atoms with Gasteiger partial charge in [0, 0.05) is 12.1 Å². The Labute approximate surface area is 129 Å². The van der Waals surface area contributed by atoms with Gasteiger partial charge < -0.3 is 0 Å². The van der Waals surface area contributed by atoms with Crippen LogP contribution >= 0.6 is 0 Å². The van der Waals surface area contributed by atoms with Crippen LogP contribution in [0.5, 0.6) is 0 Å². The van der Waals surface area contributed by atoms with Crippen LogP contribution in [0.15, 0.2) is 53.7 Å². The monoisotopic (exact) mass is 316 g/mol.